The number of aromatic nitrogens is 1. The highest BCUT2D eigenvalue weighted by atomic mass is 32.1. The summed E-state index contributed by atoms with van der Waals surface area (Å²) in [6.45, 7) is 3.27. The van der Waals surface area contributed by atoms with Crippen molar-refractivity contribution in [3.63, 3.8) is 0 Å². The van der Waals surface area contributed by atoms with Crippen LogP contribution < -0.4 is 15.4 Å². The van der Waals surface area contributed by atoms with Gasteiger partial charge in [0.2, 0.25) is 5.91 Å². The van der Waals surface area contributed by atoms with E-state index in [0.29, 0.717) is 29.6 Å². The predicted octanol–water partition coefficient (Wildman–Crippen LogP) is 4.32. The van der Waals surface area contributed by atoms with Crippen LogP contribution in [-0.2, 0) is 16.1 Å². The molecule has 0 aliphatic carbocycles. The minimum absolute atomic E-state index is 0.0602. The fourth-order valence-corrected chi connectivity index (χ4v) is 4.82. The number of anilines is 1. The van der Waals surface area contributed by atoms with Crippen molar-refractivity contribution in [2.75, 3.05) is 18.5 Å². The molecule has 31 heavy (non-hydrogen) atoms. The number of nitrogens with one attached hydrogen (secondary N) is 2. The second-order valence-corrected chi connectivity index (χ2v) is 9.17. The number of ether oxygens (including phenoxy) is 2. The van der Waals surface area contributed by atoms with Crippen LogP contribution in [0.5, 0.6) is 5.75 Å². The van der Waals surface area contributed by atoms with Gasteiger partial charge in [0, 0.05) is 29.4 Å². The van der Waals surface area contributed by atoms with Gasteiger partial charge in [0.05, 0.1) is 23.2 Å². The van der Waals surface area contributed by atoms with Gasteiger partial charge in [-0.05, 0) is 43.2 Å². The van der Waals surface area contributed by atoms with Gasteiger partial charge in [-0.25, -0.2) is 4.98 Å². The van der Waals surface area contributed by atoms with Gasteiger partial charge >= 0.3 is 0 Å². The Labute approximate surface area is 188 Å². The summed E-state index contributed by atoms with van der Waals surface area (Å²) < 4.78 is 11.4. The van der Waals surface area contributed by atoms with Crippen molar-refractivity contribution >= 4 is 39.6 Å². The van der Waals surface area contributed by atoms with Crippen molar-refractivity contribution in [3.8, 4) is 16.3 Å². The molecule has 7 nitrogen and oxygen atoms in total. The Morgan fingerprint density at radius 3 is 3.00 bits per heavy atom. The maximum Gasteiger partial charge on any atom is 0.257 e. The first kappa shape index (κ1) is 21.5. The lowest BCUT2D eigenvalue weighted by atomic mass is 10.2. The molecule has 4 rings (SSSR count). The van der Waals surface area contributed by atoms with E-state index in [0.717, 1.165) is 34.9 Å². The first-order valence-corrected chi connectivity index (χ1v) is 11.7. The Morgan fingerprint density at radius 2 is 2.19 bits per heavy atom. The van der Waals surface area contributed by atoms with E-state index in [1.807, 2.05) is 23.6 Å². The standard InChI is InChI=1S/C22H23N3O4S2/c1-14(26)23-11-18-7-8-20(31-18)19-13-30-22(24-19)25-21(27)15-4-2-5-16(10-15)29-12-17-6-3-9-28-17/h2,4-5,7-8,10,13,17H,3,6,9,11-12H2,1H3,(H,23,26)(H,24,25,27). The summed E-state index contributed by atoms with van der Waals surface area (Å²) in [6.07, 6.45) is 2.20. The Balaban J connectivity index is 1.35. The molecule has 1 aromatic carbocycles. The fraction of sp³-hybridized carbons (Fsp3) is 0.318. The SMILES string of the molecule is CC(=O)NCc1ccc(-c2csc(NC(=O)c3cccc(OCC4CCCO4)c3)n2)s1. The van der Waals surface area contributed by atoms with Crippen molar-refractivity contribution in [1.29, 1.82) is 0 Å². The van der Waals surface area contributed by atoms with Crippen molar-refractivity contribution in [2.45, 2.75) is 32.4 Å². The minimum Gasteiger partial charge on any atom is -0.491 e. The van der Waals surface area contributed by atoms with Crippen LogP contribution in [0, 0.1) is 0 Å². The smallest absolute Gasteiger partial charge is 0.257 e. The molecule has 0 radical (unpaired) electrons. The normalized spacial score (nSPS) is 15.6. The number of carbonyl (C=O) groups is 2. The molecule has 0 spiro atoms. The number of rotatable bonds is 8. The lowest BCUT2D eigenvalue weighted by Crippen LogP contribution is -2.17. The molecule has 3 aromatic rings. The second kappa shape index (κ2) is 10.0. The van der Waals surface area contributed by atoms with Crippen molar-refractivity contribution < 1.29 is 19.1 Å². The first-order chi connectivity index (χ1) is 15.1. The van der Waals surface area contributed by atoms with E-state index in [1.165, 1.54) is 18.3 Å². The van der Waals surface area contributed by atoms with E-state index < -0.39 is 0 Å². The van der Waals surface area contributed by atoms with Gasteiger partial charge < -0.3 is 14.8 Å². The molecule has 1 unspecified atom stereocenters. The van der Waals surface area contributed by atoms with Gasteiger partial charge in [0.15, 0.2) is 5.13 Å². The number of thiazole rings is 1. The van der Waals surface area contributed by atoms with Crippen molar-refractivity contribution in [1.82, 2.24) is 10.3 Å². The largest absolute Gasteiger partial charge is 0.491 e. The van der Waals surface area contributed by atoms with Crippen LogP contribution in [0.1, 0.15) is 35.0 Å². The zero-order chi connectivity index (χ0) is 21.6. The van der Waals surface area contributed by atoms with Gasteiger partial charge in [0.25, 0.3) is 5.91 Å². The minimum atomic E-state index is -0.235. The summed E-state index contributed by atoms with van der Waals surface area (Å²) in [5, 5.41) is 8.08. The summed E-state index contributed by atoms with van der Waals surface area (Å²) in [4.78, 5) is 30.3. The third-order valence-electron chi connectivity index (χ3n) is 4.71. The lowest BCUT2D eigenvalue weighted by molar-refractivity contribution is -0.119. The molecule has 1 saturated heterocycles. The summed E-state index contributed by atoms with van der Waals surface area (Å²) >= 11 is 2.94. The van der Waals surface area contributed by atoms with Crippen LogP contribution in [0.3, 0.4) is 0 Å². The molecule has 2 N–H and O–H groups in total. The summed E-state index contributed by atoms with van der Waals surface area (Å²) in [7, 11) is 0. The highest BCUT2D eigenvalue weighted by Gasteiger charge is 2.17. The quantitative estimate of drug-likeness (QED) is 0.526. The van der Waals surface area contributed by atoms with Crippen molar-refractivity contribution in [2.24, 2.45) is 0 Å². The third kappa shape index (κ3) is 5.90. The van der Waals surface area contributed by atoms with Gasteiger partial charge in [-0.3, -0.25) is 14.9 Å². The maximum atomic E-state index is 12.7. The molecular formula is C22H23N3O4S2. The Hall–Kier alpha value is -2.75. The second-order valence-electron chi connectivity index (χ2n) is 7.14. The van der Waals surface area contributed by atoms with Gasteiger partial charge in [-0.2, -0.15) is 0 Å². The Kier molecular flexibility index (Phi) is 6.96. The van der Waals surface area contributed by atoms with Crippen LogP contribution in [0.25, 0.3) is 10.6 Å². The number of hydrogen-bond donors (Lipinski definition) is 2. The predicted molar refractivity (Wildman–Crippen MR) is 122 cm³/mol. The van der Waals surface area contributed by atoms with Crippen molar-refractivity contribution in [3.05, 3.63) is 52.2 Å². The van der Waals surface area contributed by atoms with Crippen LogP contribution >= 0.6 is 22.7 Å². The molecule has 3 heterocycles. The van der Waals surface area contributed by atoms with Gasteiger partial charge in [-0.15, -0.1) is 22.7 Å². The lowest BCUT2D eigenvalue weighted by Gasteiger charge is -2.12. The Bertz CT molecular complexity index is 1060. The van der Waals surface area contributed by atoms with E-state index in [4.69, 9.17) is 9.47 Å². The molecule has 162 valence electrons. The van der Waals surface area contributed by atoms with Gasteiger partial charge in [0.1, 0.15) is 12.4 Å². The highest BCUT2D eigenvalue weighted by Crippen LogP contribution is 2.31. The maximum absolute atomic E-state index is 12.7. The molecule has 2 aromatic heterocycles. The number of benzene rings is 1. The molecule has 1 aliphatic rings. The molecule has 9 heteroatoms. The zero-order valence-electron chi connectivity index (χ0n) is 17.1. The molecule has 1 aliphatic heterocycles. The van der Waals surface area contributed by atoms with Gasteiger partial charge in [-0.1, -0.05) is 6.07 Å². The third-order valence-corrected chi connectivity index (χ3v) is 6.57. The summed E-state index contributed by atoms with van der Waals surface area (Å²) in [6, 6.07) is 11.0. The van der Waals surface area contributed by atoms with E-state index in [2.05, 4.69) is 15.6 Å². The van der Waals surface area contributed by atoms with Crippen LogP contribution in [0.4, 0.5) is 5.13 Å². The van der Waals surface area contributed by atoms with Crippen LogP contribution in [0.15, 0.2) is 41.8 Å². The molecule has 1 fully saturated rings. The zero-order valence-corrected chi connectivity index (χ0v) is 18.7. The van der Waals surface area contributed by atoms with E-state index in [-0.39, 0.29) is 17.9 Å². The average molecular weight is 458 g/mol. The molecule has 0 bridgehead atoms. The molecule has 2 amide bonds. The topological polar surface area (TPSA) is 89.6 Å². The number of hydrogen-bond acceptors (Lipinski definition) is 7. The fourth-order valence-electron chi connectivity index (χ4n) is 3.13. The number of nitrogens with zero attached hydrogens (tertiary/aromatic N) is 1. The molecular weight excluding hydrogens is 434 g/mol. The summed E-state index contributed by atoms with van der Waals surface area (Å²) in [5.41, 5.74) is 1.31. The highest BCUT2D eigenvalue weighted by molar-refractivity contribution is 7.17. The number of thiophene rings is 1. The monoisotopic (exact) mass is 457 g/mol. The van der Waals surface area contributed by atoms with E-state index in [1.54, 1.807) is 29.5 Å². The van der Waals surface area contributed by atoms with Crippen LogP contribution in [0.2, 0.25) is 0 Å². The van der Waals surface area contributed by atoms with E-state index in [9.17, 15) is 9.59 Å². The Morgan fingerprint density at radius 1 is 1.29 bits per heavy atom. The van der Waals surface area contributed by atoms with E-state index >= 15 is 0 Å². The number of carbonyl (C=O) groups excluding carboxylic acids is 2. The average Bonchev–Trinajstić information content (AvgIpc) is 3.52. The first-order valence-electron chi connectivity index (χ1n) is 10.0. The summed E-state index contributed by atoms with van der Waals surface area (Å²) in [5.74, 6) is 0.351. The molecule has 0 saturated carbocycles. The molecule has 1 atom stereocenters. The van der Waals surface area contributed by atoms with Crippen LogP contribution in [-0.4, -0.2) is 36.1 Å². The number of amides is 2.